The Hall–Kier alpha value is -5.36. The highest BCUT2D eigenvalue weighted by molar-refractivity contribution is 7.99. The summed E-state index contributed by atoms with van der Waals surface area (Å²) < 4.78 is 85.5. The van der Waals surface area contributed by atoms with Crippen molar-refractivity contribution < 1.29 is 30.6 Å². The normalized spacial score (nSPS) is 20.1. The SMILES string of the molecule is Cc1c2c(c(-c3ccc(Cl)cc3)n1C)C1(C)C=C(N3CCN(c4ccc(NS(=O)c5ccc(NCCSc6ccccc6)c(S(=O)(=O)C(F)(F)F)c5)cc4)CC3)C(C)C3=C1N(CCN3C)C2=O. The topological polar surface area (TPSA) is 110 Å². The number of rotatable bonds is 12. The lowest BCUT2D eigenvalue weighted by Crippen LogP contribution is -2.56. The van der Waals surface area contributed by atoms with Gasteiger partial charge in [-0.05, 0) is 92.2 Å². The number of likely N-dealkylation sites (N-methyl/N-ethyl adjacent to an activating group) is 1. The molecule has 4 aromatic carbocycles. The third kappa shape index (κ3) is 8.39. The highest BCUT2D eigenvalue weighted by atomic mass is 35.5. The average Bonchev–Trinajstić information content (AvgIpc) is 3.59. The molecular formula is C49H51ClF3N7O4S3. The zero-order valence-corrected chi connectivity index (χ0v) is 40.9. The van der Waals surface area contributed by atoms with Crippen LogP contribution in [0.4, 0.5) is 30.2 Å². The van der Waals surface area contributed by atoms with E-state index in [4.69, 9.17) is 11.6 Å². The summed E-state index contributed by atoms with van der Waals surface area (Å²) in [7, 11) is -3.70. The molecule has 4 aliphatic rings. The van der Waals surface area contributed by atoms with Gasteiger partial charge in [0, 0.05) is 116 Å². The first-order valence-electron chi connectivity index (χ1n) is 22.0. The molecule has 352 valence electrons. The molecule has 0 saturated carbocycles. The third-order valence-electron chi connectivity index (χ3n) is 13.4. The number of amides is 1. The van der Waals surface area contributed by atoms with Gasteiger partial charge in [0.05, 0.1) is 33.0 Å². The quantitative estimate of drug-likeness (QED) is 0.0934. The van der Waals surface area contributed by atoms with Crippen LogP contribution in [0.5, 0.6) is 0 Å². The van der Waals surface area contributed by atoms with Crippen LogP contribution < -0.4 is 14.9 Å². The molecule has 1 fully saturated rings. The molecule has 4 heterocycles. The van der Waals surface area contributed by atoms with Gasteiger partial charge in [-0.3, -0.25) is 4.79 Å². The predicted octanol–water partition coefficient (Wildman–Crippen LogP) is 9.51. The first-order chi connectivity index (χ1) is 31.9. The van der Waals surface area contributed by atoms with Crippen LogP contribution in [0.15, 0.2) is 135 Å². The second-order valence-electron chi connectivity index (χ2n) is 17.4. The summed E-state index contributed by atoms with van der Waals surface area (Å²) in [6, 6.07) is 28.0. The number of anilines is 3. The fraction of sp³-hybridized carbons (Fsp3) is 0.327. The first-order valence-corrected chi connectivity index (χ1v) is 26.0. The zero-order valence-electron chi connectivity index (χ0n) is 37.7. The van der Waals surface area contributed by atoms with E-state index in [9.17, 15) is 30.6 Å². The molecule has 1 aromatic heterocycles. The molecule has 3 aliphatic heterocycles. The van der Waals surface area contributed by atoms with Crippen molar-refractivity contribution in [3.05, 3.63) is 142 Å². The van der Waals surface area contributed by atoms with Gasteiger partial charge in [-0.15, -0.1) is 11.8 Å². The number of nitrogens with one attached hydrogen (secondary N) is 2. The number of allylic oxidation sites excluding steroid dienone is 1. The van der Waals surface area contributed by atoms with Gasteiger partial charge in [-0.25, -0.2) is 12.6 Å². The van der Waals surface area contributed by atoms with Crippen molar-refractivity contribution in [2.75, 3.05) is 73.6 Å². The molecule has 1 aliphatic carbocycles. The Kier molecular flexibility index (Phi) is 12.5. The van der Waals surface area contributed by atoms with Gasteiger partial charge in [0.2, 0.25) is 0 Å². The summed E-state index contributed by atoms with van der Waals surface area (Å²) in [5.41, 5.74) is 3.16. The van der Waals surface area contributed by atoms with Gasteiger partial charge in [-0.2, -0.15) is 13.2 Å². The minimum absolute atomic E-state index is 0.0351. The standard InChI is InChI=1S/C49H51ClF3N7O4S3/c1-31-40(30-48(3)43-42(47(61)60-27-22-56(4)44(31)46(48)60)32(2)57(5)45(43)33-11-13-34(50)14-12-33)59-25-23-58(24-26-59)36-17-15-35(16-18-36)55-66(62)38-19-20-39(41(29-38)67(63,64)49(51,52)53)54-21-28-65-37-9-7-6-8-10-37/h6-20,29-31,54-55H,21-28H2,1-5H3. The van der Waals surface area contributed by atoms with Crippen LogP contribution in [-0.4, -0.2) is 102 Å². The predicted molar refractivity (Wildman–Crippen MR) is 261 cm³/mol. The molecule has 2 N–H and O–H groups in total. The van der Waals surface area contributed by atoms with E-state index in [1.165, 1.54) is 29.6 Å². The second-order valence-corrected chi connectivity index (χ2v) is 22.2. The lowest BCUT2D eigenvalue weighted by atomic mass is 9.66. The largest absolute Gasteiger partial charge is 0.501 e. The molecule has 5 aromatic rings. The minimum atomic E-state index is -5.77. The fourth-order valence-electron chi connectivity index (χ4n) is 10.0. The molecule has 11 nitrogen and oxygen atoms in total. The lowest BCUT2D eigenvalue weighted by Gasteiger charge is -2.53. The zero-order chi connectivity index (χ0) is 47.6. The highest BCUT2D eigenvalue weighted by Gasteiger charge is 2.54. The lowest BCUT2D eigenvalue weighted by molar-refractivity contribution is -0.0435. The minimum Gasteiger partial charge on any atom is -0.383 e. The number of piperazine rings is 1. The van der Waals surface area contributed by atoms with Crippen LogP contribution in [-0.2, 0) is 33.3 Å². The molecule has 0 bridgehead atoms. The summed E-state index contributed by atoms with van der Waals surface area (Å²) >= 11 is 7.82. The van der Waals surface area contributed by atoms with Crippen LogP contribution in [0.3, 0.4) is 0 Å². The Bertz CT molecular complexity index is 2940. The number of sulfone groups is 1. The summed E-state index contributed by atoms with van der Waals surface area (Å²) in [5.74, 6) is 0.548. The Morgan fingerprint density at radius 3 is 2.24 bits per heavy atom. The second kappa shape index (κ2) is 17.9. The summed E-state index contributed by atoms with van der Waals surface area (Å²) in [5, 5.41) is 3.47. The number of aromatic nitrogens is 1. The number of benzene rings is 4. The van der Waals surface area contributed by atoms with Crippen molar-refractivity contribution in [1.82, 2.24) is 19.3 Å². The fourth-order valence-corrected chi connectivity index (χ4v) is 12.9. The average molecular weight is 991 g/mol. The van der Waals surface area contributed by atoms with Crippen LogP contribution in [0, 0.1) is 12.8 Å². The van der Waals surface area contributed by atoms with Gasteiger partial charge >= 0.3 is 5.51 Å². The van der Waals surface area contributed by atoms with Crippen LogP contribution >= 0.6 is 23.4 Å². The molecule has 3 unspecified atom stereocenters. The summed E-state index contributed by atoms with van der Waals surface area (Å²) in [4.78, 5) is 23.4. The maximum atomic E-state index is 14.5. The van der Waals surface area contributed by atoms with Gasteiger partial charge in [-0.1, -0.05) is 48.9 Å². The van der Waals surface area contributed by atoms with Crippen molar-refractivity contribution >= 4 is 67.2 Å². The maximum Gasteiger partial charge on any atom is 0.501 e. The van der Waals surface area contributed by atoms with Gasteiger partial charge in [0.1, 0.15) is 15.9 Å². The Morgan fingerprint density at radius 1 is 0.896 bits per heavy atom. The van der Waals surface area contributed by atoms with Crippen molar-refractivity contribution in [3.8, 4) is 11.3 Å². The van der Waals surface area contributed by atoms with Gasteiger partial charge < -0.3 is 34.2 Å². The smallest absolute Gasteiger partial charge is 0.383 e. The number of hydrogen-bond acceptors (Lipinski definition) is 9. The summed E-state index contributed by atoms with van der Waals surface area (Å²) in [6.07, 6.45) is 2.40. The molecule has 0 radical (unpaired) electrons. The van der Waals surface area contributed by atoms with E-state index in [1.54, 1.807) is 12.1 Å². The van der Waals surface area contributed by atoms with Gasteiger partial charge in [0.15, 0.2) is 0 Å². The molecule has 67 heavy (non-hydrogen) atoms. The summed E-state index contributed by atoms with van der Waals surface area (Å²) in [6.45, 7) is 11.0. The van der Waals surface area contributed by atoms with E-state index in [0.717, 1.165) is 88.8 Å². The van der Waals surface area contributed by atoms with Crippen LogP contribution in [0.25, 0.3) is 11.3 Å². The molecule has 1 saturated heterocycles. The Balaban J connectivity index is 0.912. The van der Waals surface area contributed by atoms with Gasteiger partial charge in [0.25, 0.3) is 15.7 Å². The van der Waals surface area contributed by atoms with E-state index < -0.39 is 36.6 Å². The van der Waals surface area contributed by atoms with Crippen molar-refractivity contribution in [2.24, 2.45) is 13.0 Å². The third-order valence-corrected chi connectivity index (χ3v) is 17.3. The number of nitrogens with zero attached hydrogens (tertiary/aromatic N) is 5. The molecule has 3 atom stereocenters. The number of thioether (sulfide) groups is 1. The van der Waals surface area contributed by atoms with Crippen molar-refractivity contribution in [1.29, 1.82) is 0 Å². The monoisotopic (exact) mass is 989 g/mol. The Labute approximate surface area is 401 Å². The van der Waals surface area contributed by atoms with E-state index >= 15 is 0 Å². The molecule has 9 rings (SSSR count). The van der Waals surface area contributed by atoms with E-state index in [0.29, 0.717) is 23.0 Å². The molecule has 0 spiro atoms. The maximum absolute atomic E-state index is 14.5. The number of halogens is 4. The van der Waals surface area contributed by atoms with E-state index in [1.807, 2.05) is 85.6 Å². The number of hydrogen-bond donors (Lipinski definition) is 2. The number of carbonyl (C=O) groups is 1. The molecule has 1 amide bonds. The van der Waals surface area contributed by atoms with Crippen LogP contribution in [0.2, 0.25) is 5.02 Å². The number of fused-ring (bicyclic) bond motifs is 2. The van der Waals surface area contributed by atoms with E-state index in [2.05, 4.69) is 56.3 Å². The highest BCUT2D eigenvalue weighted by Crippen LogP contribution is 2.55. The number of carbonyl (C=O) groups excluding carboxylic acids is 1. The Morgan fingerprint density at radius 2 is 1.57 bits per heavy atom. The van der Waals surface area contributed by atoms with Crippen LogP contribution in [0.1, 0.15) is 35.5 Å². The number of alkyl halides is 3. The first kappa shape index (κ1) is 46.7. The van der Waals surface area contributed by atoms with E-state index in [-0.39, 0.29) is 29.0 Å². The van der Waals surface area contributed by atoms with Crippen molar-refractivity contribution in [3.63, 3.8) is 0 Å². The van der Waals surface area contributed by atoms with Crippen molar-refractivity contribution in [2.45, 2.75) is 46.4 Å². The molecule has 18 heteroatoms. The molecular weight excluding hydrogens is 939 g/mol.